The maximum atomic E-state index is 13.0. The summed E-state index contributed by atoms with van der Waals surface area (Å²) in [6.07, 6.45) is 84.1. The lowest BCUT2D eigenvalue weighted by atomic mass is 10.0. The molecule has 2 unspecified atom stereocenters. The Hall–Kier alpha value is -1.71. The van der Waals surface area contributed by atoms with Gasteiger partial charge in [-0.05, 0) is 12.8 Å². The fourth-order valence-corrected chi connectivity index (χ4v) is 12.6. The first kappa shape index (κ1) is 86.3. The minimum atomic E-state index is -1.51. The zero-order chi connectivity index (χ0) is 64.0. The van der Waals surface area contributed by atoms with Gasteiger partial charge in [0.1, 0.15) is 13.2 Å². The Morgan fingerprint density at radius 1 is 0.295 bits per heavy atom. The highest BCUT2D eigenvalue weighted by atomic mass is 16.7. The first-order chi connectivity index (χ1) is 43.1. The van der Waals surface area contributed by atoms with Gasteiger partial charge in [-0.2, -0.15) is 0 Å². The number of carbonyl (C=O) groups excluding carboxylic acids is 2. The van der Waals surface area contributed by atoms with Crippen LogP contribution in [0.15, 0.2) is 0 Å². The lowest BCUT2D eigenvalue weighted by Gasteiger charge is -2.25. The summed E-state index contributed by atoms with van der Waals surface area (Å²) in [5.74, 6) is -1.96. The number of aliphatic carboxylic acids is 1. The van der Waals surface area contributed by atoms with E-state index in [1.165, 1.54) is 366 Å². The topological polar surface area (TPSA) is 108 Å². The number of hydrogen-bond donors (Lipinski definition) is 1. The second-order valence-corrected chi connectivity index (χ2v) is 28.7. The highest BCUT2D eigenvalue weighted by Crippen LogP contribution is 2.21. The van der Waals surface area contributed by atoms with Crippen molar-refractivity contribution in [1.29, 1.82) is 0 Å². The van der Waals surface area contributed by atoms with Gasteiger partial charge < -0.3 is 28.5 Å². The van der Waals surface area contributed by atoms with Crippen LogP contribution in [0.5, 0.6) is 0 Å². The second kappa shape index (κ2) is 71.1. The van der Waals surface area contributed by atoms with Crippen LogP contribution in [-0.2, 0) is 33.3 Å². The highest BCUT2D eigenvalue weighted by molar-refractivity contribution is 5.71. The van der Waals surface area contributed by atoms with E-state index >= 15 is 0 Å². The predicted molar refractivity (Wildman–Crippen MR) is 379 cm³/mol. The van der Waals surface area contributed by atoms with Crippen molar-refractivity contribution < 1.29 is 42.9 Å². The van der Waals surface area contributed by atoms with E-state index in [9.17, 15) is 19.5 Å². The number of nitrogens with zero attached hydrogens (tertiary/aromatic N) is 1. The van der Waals surface area contributed by atoms with Crippen LogP contribution >= 0.6 is 0 Å². The highest BCUT2D eigenvalue weighted by Gasteiger charge is 2.25. The molecule has 0 saturated heterocycles. The van der Waals surface area contributed by atoms with E-state index in [4.69, 9.17) is 18.9 Å². The van der Waals surface area contributed by atoms with Gasteiger partial charge in [-0.3, -0.25) is 9.59 Å². The maximum absolute atomic E-state index is 13.0. The van der Waals surface area contributed by atoms with Crippen molar-refractivity contribution >= 4 is 17.9 Å². The monoisotopic (exact) mass is 1250 g/mol. The quantitative estimate of drug-likeness (QED) is 0.0278. The Labute approximate surface area is 549 Å². The number of likely N-dealkylation sites (N-methyl/N-ethyl adjacent to an activating group) is 1. The number of quaternary nitrogens is 1. The summed E-state index contributed by atoms with van der Waals surface area (Å²) >= 11 is 0. The number of carbonyl (C=O) groups is 3. The van der Waals surface area contributed by atoms with Crippen LogP contribution < -0.4 is 0 Å². The zero-order valence-electron chi connectivity index (χ0n) is 60.2. The average molecular weight is 1250 g/mol. The molecule has 0 heterocycles. The van der Waals surface area contributed by atoms with Crippen molar-refractivity contribution in [3.05, 3.63) is 0 Å². The molecule has 9 heteroatoms. The summed E-state index contributed by atoms with van der Waals surface area (Å²) in [6.45, 7) is 4.98. The smallest absolute Gasteiger partial charge is 0.361 e. The van der Waals surface area contributed by atoms with E-state index < -0.39 is 18.4 Å². The lowest BCUT2D eigenvalue weighted by Crippen LogP contribution is -2.40. The largest absolute Gasteiger partial charge is 0.477 e. The molecule has 0 radical (unpaired) electrons. The van der Waals surface area contributed by atoms with Gasteiger partial charge in [-0.15, -0.1) is 0 Å². The van der Waals surface area contributed by atoms with Crippen LogP contribution in [0.25, 0.3) is 0 Å². The molecule has 0 aliphatic rings. The Bertz CT molecular complexity index is 1400. The van der Waals surface area contributed by atoms with E-state index in [1.807, 2.05) is 21.1 Å². The number of rotatable bonds is 76. The molecule has 0 fully saturated rings. The van der Waals surface area contributed by atoms with Crippen LogP contribution in [-0.4, -0.2) is 87.4 Å². The van der Waals surface area contributed by atoms with Crippen LogP contribution in [0.4, 0.5) is 0 Å². The molecule has 0 rings (SSSR count). The predicted octanol–water partition coefficient (Wildman–Crippen LogP) is 25.0. The molecule has 0 bridgehead atoms. The standard InChI is InChI=1S/C79H155NO8/c1-6-8-10-12-14-16-18-20-22-24-26-28-30-32-34-35-36-37-38-39-40-41-42-44-46-48-50-52-54-56-58-60-62-64-66-68-70-77(82)88-75(74-87-79(78(83)84)85-72-71-80(3,4)5)73-86-76(81)69-67-65-63-61-59-57-55-53-51-49-47-45-43-33-31-29-27-25-23-21-19-17-15-13-11-9-7-2/h75,79H,6-74H2,1-5H3/p+1. The van der Waals surface area contributed by atoms with Crippen molar-refractivity contribution in [3.63, 3.8) is 0 Å². The van der Waals surface area contributed by atoms with E-state index in [-0.39, 0.29) is 38.2 Å². The normalized spacial score (nSPS) is 12.5. The van der Waals surface area contributed by atoms with E-state index in [2.05, 4.69) is 13.8 Å². The lowest BCUT2D eigenvalue weighted by molar-refractivity contribution is -0.870. The third-order valence-electron chi connectivity index (χ3n) is 18.6. The van der Waals surface area contributed by atoms with Crippen LogP contribution in [0.3, 0.4) is 0 Å². The van der Waals surface area contributed by atoms with Gasteiger partial charge >= 0.3 is 17.9 Å². The second-order valence-electron chi connectivity index (χ2n) is 28.7. The van der Waals surface area contributed by atoms with Crippen LogP contribution in [0.2, 0.25) is 0 Å². The Morgan fingerprint density at radius 2 is 0.511 bits per heavy atom. The van der Waals surface area contributed by atoms with Gasteiger partial charge in [-0.1, -0.05) is 406 Å². The minimum Gasteiger partial charge on any atom is -0.477 e. The Kier molecular flexibility index (Phi) is 69.8. The molecule has 0 aliphatic carbocycles. The number of esters is 2. The summed E-state index contributed by atoms with van der Waals surface area (Å²) in [5, 5.41) is 9.77. The zero-order valence-corrected chi connectivity index (χ0v) is 60.2. The van der Waals surface area contributed by atoms with E-state index in [1.54, 1.807) is 0 Å². The first-order valence-electron chi connectivity index (χ1n) is 39.7. The van der Waals surface area contributed by atoms with Gasteiger partial charge in [0.05, 0.1) is 34.4 Å². The van der Waals surface area contributed by atoms with Crippen molar-refractivity contribution in [3.8, 4) is 0 Å². The maximum Gasteiger partial charge on any atom is 0.361 e. The molecule has 0 aromatic carbocycles. The van der Waals surface area contributed by atoms with Gasteiger partial charge in [0.2, 0.25) is 0 Å². The average Bonchev–Trinajstić information content (AvgIpc) is 3.52. The molecule has 0 saturated carbocycles. The summed E-state index contributed by atoms with van der Waals surface area (Å²) < 4.78 is 23.1. The Morgan fingerprint density at radius 3 is 0.727 bits per heavy atom. The molecule has 0 amide bonds. The molecule has 9 nitrogen and oxygen atoms in total. The molecule has 0 aliphatic heterocycles. The summed E-state index contributed by atoms with van der Waals surface area (Å²) in [5.41, 5.74) is 0. The van der Waals surface area contributed by atoms with Crippen molar-refractivity contribution in [2.24, 2.45) is 0 Å². The number of carboxylic acid groups (broad SMARTS) is 1. The van der Waals surface area contributed by atoms with Crippen LogP contribution in [0.1, 0.15) is 431 Å². The molecule has 524 valence electrons. The molecular weight excluding hydrogens is 1090 g/mol. The summed E-state index contributed by atoms with van der Waals surface area (Å²) in [6, 6.07) is 0. The molecule has 2 atom stereocenters. The van der Waals surface area contributed by atoms with Crippen molar-refractivity contribution in [1.82, 2.24) is 0 Å². The van der Waals surface area contributed by atoms with E-state index in [0.717, 1.165) is 38.5 Å². The van der Waals surface area contributed by atoms with Crippen molar-refractivity contribution in [2.75, 3.05) is 47.5 Å². The van der Waals surface area contributed by atoms with Crippen LogP contribution in [0, 0.1) is 0 Å². The molecule has 1 N–H and O–H groups in total. The van der Waals surface area contributed by atoms with Crippen molar-refractivity contribution in [2.45, 2.75) is 444 Å². The summed E-state index contributed by atoms with van der Waals surface area (Å²) in [4.78, 5) is 37.7. The molecule has 0 aromatic rings. The number of carboxylic acids is 1. The fourth-order valence-electron chi connectivity index (χ4n) is 12.6. The SMILES string of the molecule is CCCCCCCCCCCCCCCCCCCCCCCCCCCCCCCCCCCCCCC(=O)OC(COC(=O)CCCCCCCCCCCCCCCCCCCCCCCCCCCCC)COC(OCC[N+](C)(C)C)C(=O)O. The Balaban J connectivity index is 3.94. The van der Waals surface area contributed by atoms with Gasteiger partial charge in [-0.25, -0.2) is 4.79 Å². The third-order valence-corrected chi connectivity index (χ3v) is 18.6. The number of hydrogen-bond acceptors (Lipinski definition) is 7. The molecule has 0 spiro atoms. The number of unbranched alkanes of at least 4 members (excludes halogenated alkanes) is 61. The minimum absolute atomic E-state index is 0.172. The number of ether oxygens (including phenoxy) is 4. The summed E-state index contributed by atoms with van der Waals surface area (Å²) in [7, 11) is 6.00. The molecule has 88 heavy (non-hydrogen) atoms. The fraction of sp³-hybridized carbons (Fsp3) is 0.962. The van der Waals surface area contributed by atoms with Gasteiger partial charge in [0, 0.05) is 12.8 Å². The van der Waals surface area contributed by atoms with Gasteiger partial charge in [0.15, 0.2) is 6.10 Å². The first-order valence-corrected chi connectivity index (χ1v) is 39.7. The molecule has 0 aromatic heterocycles. The third kappa shape index (κ3) is 71.7. The molecular formula is C79H156NO8+. The van der Waals surface area contributed by atoms with Gasteiger partial charge in [0.25, 0.3) is 6.29 Å². The van der Waals surface area contributed by atoms with E-state index in [0.29, 0.717) is 17.4 Å².